The Balaban J connectivity index is 1.57. The zero-order valence-corrected chi connectivity index (χ0v) is 19.9. The molecule has 0 saturated heterocycles. The molecule has 0 aliphatic heterocycles. The van der Waals surface area contributed by atoms with E-state index in [1.165, 1.54) is 58.5 Å². The average Bonchev–Trinajstić information content (AvgIpc) is 3.57. The fourth-order valence-electron chi connectivity index (χ4n) is 5.96. The number of rotatable bonds is 1. The molecule has 166 valence electrons. The molecule has 0 saturated carbocycles. The van der Waals surface area contributed by atoms with Crippen molar-refractivity contribution in [1.82, 2.24) is 14.4 Å². The molecule has 36 heavy (non-hydrogen) atoms. The van der Waals surface area contributed by atoms with Crippen molar-refractivity contribution in [2.45, 2.75) is 0 Å². The lowest BCUT2D eigenvalue weighted by Gasteiger charge is -2.04. The molecule has 9 aromatic rings. The summed E-state index contributed by atoms with van der Waals surface area (Å²) in [4.78, 5) is 10.4. The normalized spacial score (nSPS) is 12.4. The van der Waals surface area contributed by atoms with Crippen LogP contribution in [0.4, 0.5) is 0 Å². The molecule has 0 bridgehead atoms. The number of para-hydroxylation sites is 2. The van der Waals surface area contributed by atoms with Crippen LogP contribution in [0.2, 0.25) is 0 Å². The molecule has 0 atom stereocenters. The van der Waals surface area contributed by atoms with Crippen LogP contribution in [0.25, 0.3) is 80.7 Å². The van der Waals surface area contributed by atoms with Crippen LogP contribution in [0.5, 0.6) is 0 Å². The highest BCUT2D eigenvalue weighted by atomic mass is 32.1. The lowest BCUT2D eigenvalue weighted by atomic mass is 10.0. The van der Waals surface area contributed by atoms with Crippen molar-refractivity contribution in [1.29, 1.82) is 0 Å². The summed E-state index contributed by atoms with van der Waals surface area (Å²) in [5.74, 6) is 0. The quantitative estimate of drug-likeness (QED) is 0.237. The molecule has 0 amide bonds. The minimum absolute atomic E-state index is 0.923. The zero-order chi connectivity index (χ0) is 23.4. The highest BCUT2D eigenvalue weighted by molar-refractivity contribution is 7.26. The van der Waals surface area contributed by atoms with Gasteiger partial charge < -0.3 is 0 Å². The van der Waals surface area contributed by atoms with Gasteiger partial charge >= 0.3 is 0 Å². The average molecular weight is 476 g/mol. The first-order valence-corrected chi connectivity index (χ1v) is 12.9. The van der Waals surface area contributed by atoms with Gasteiger partial charge in [-0.25, -0.2) is 9.97 Å². The lowest BCUT2D eigenvalue weighted by Crippen LogP contribution is -1.89. The highest BCUT2D eigenvalue weighted by Gasteiger charge is 2.24. The summed E-state index contributed by atoms with van der Waals surface area (Å²) in [6.45, 7) is 0. The first-order chi connectivity index (χ1) is 17.8. The van der Waals surface area contributed by atoms with Gasteiger partial charge in [0.05, 0.1) is 22.1 Å². The van der Waals surface area contributed by atoms with Crippen molar-refractivity contribution in [2.75, 3.05) is 0 Å². The van der Waals surface area contributed by atoms with E-state index in [4.69, 9.17) is 9.97 Å². The summed E-state index contributed by atoms with van der Waals surface area (Å²) in [5.41, 5.74) is 8.62. The van der Waals surface area contributed by atoms with Crippen LogP contribution in [-0.2, 0) is 0 Å². The number of aromatic nitrogens is 3. The monoisotopic (exact) mass is 475 g/mol. The van der Waals surface area contributed by atoms with Crippen LogP contribution in [0, 0.1) is 0 Å². The van der Waals surface area contributed by atoms with Gasteiger partial charge in [-0.05, 0) is 47.5 Å². The van der Waals surface area contributed by atoms with Gasteiger partial charge in [-0.3, -0.25) is 4.40 Å². The number of hydrogen-bond donors (Lipinski definition) is 0. The van der Waals surface area contributed by atoms with Crippen molar-refractivity contribution >= 4 is 80.9 Å². The molecule has 0 spiro atoms. The fraction of sp³-hybridized carbons (Fsp3) is 0. The summed E-state index contributed by atoms with van der Waals surface area (Å²) in [7, 11) is 0. The van der Waals surface area contributed by atoms with Crippen molar-refractivity contribution in [2.24, 2.45) is 0 Å². The molecule has 3 nitrogen and oxygen atoms in total. The Morgan fingerprint density at radius 2 is 1.33 bits per heavy atom. The largest absolute Gasteiger partial charge is 0.291 e. The molecule has 4 heteroatoms. The summed E-state index contributed by atoms with van der Waals surface area (Å²) in [6, 6.07) is 36.7. The van der Waals surface area contributed by atoms with E-state index in [2.05, 4.69) is 95.4 Å². The summed E-state index contributed by atoms with van der Waals surface area (Å²) < 4.78 is 4.94. The second-order valence-electron chi connectivity index (χ2n) is 9.44. The van der Waals surface area contributed by atoms with Crippen LogP contribution in [0.15, 0.2) is 103 Å². The number of thiophene rings is 1. The van der Waals surface area contributed by atoms with Gasteiger partial charge in [0.25, 0.3) is 0 Å². The number of nitrogens with zero attached hydrogens (tertiary/aromatic N) is 3. The highest BCUT2D eigenvalue weighted by Crippen LogP contribution is 2.47. The molecule has 4 heterocycles. The third-order valence-electron chi connectivity index (χ3n) is 7.50. The SMILES string of the molecule is c1ccc(-c2ccc3c(c2)c2cc4sc5ccccc5c4c4c5nc6ccccc6nc5n3c24)cc1. The Hall–Kier alpha value is -4.54. The van der Waals surface area contributed by atoms with E-state index in [1.807, 2.05) is 23.5 Å². The third-order valence-corrected chi connectivity index (χ3v) is 8.62. The van der Waals surface area contributed by atoms with Crippen LogP contribution in [0.3, 0.4) is 0 Å². The zero-order valence-electron chi connectivity index (χ0n) is 19.1. The van der Waals surface area contributed by atoms with Gasteiger partial charge in [0.15, 0.2) is 5.65 Å². The smallest absolute Gasteiger partial charge is 0.165 e. The van der Waals surface area contributed by atoms with Crippen LogP contribution in [-0.4, -0.2) is 14.4 Å². The van der Waals surface area contributed by atoms with Crippen molar-refractivity contribution in [3.05, 3.63) is 103 Å². The van der Waals surface area contributed by atoms with Gasteiger partial charge in [-0.1, -0.05) is 66.7 Å². The first-order valence-electron chi connectivity index (χ1n) is 12.1. The fourth-order valence-corrected chi connectivity index (χ4v) is 7.11. The Morgan fingerprint density at radius 1 is 0.556 bits per heavy atom. The molecular weight excluding hydrogens is 458 g/mol. The number of fused-ring (bicyclic) bond motifs is 11. The summed E-state index contributed by atoms with van der Waals surface area (Å²) in [5, 5.41) is 6.32. The molecule has 0 N–H and O–H groups in total. The van der Waals surface area contributed by atoms with Gasteiger partial charge in [0.1, 0.15) is 5.52 Å². The van der Waals surface area contributed by atoms with Crippen LogP contribution in [0.1, 0.15) is 0 Å². The molecule has 5 aromatic carbocycles. The molecule has 0 aliphatic carbocycles. The number of benzene rings is 5. The Morgan fingerprint density at radius 3 is 2.22 bits per heavy atom. The second-order valence-corrected chi connectivity index (χ2v) is 10.5. The predicted octanol–water partition coefficient (Wildman–Crippen LogP) is 8.81. The molecule has 9 rings (SSSR count). The topological polar surface area (TPSA) is 30.2 Å². The standard InChI is InChI=1S/C32H17N3S/c1-2-8-18(9-3-1)19-14-15-25-21(16-19)22-17-27-28(20-10-4-7-13-26(20)36-27)29-30-32(35(25)31(22)29)34-24-12-6-5-11-23(24)33-30/h1-17H. The minimum Gasteiger partial charge on any atom is -0.291 e. The van der Waals surface area contributed by atoms with Crippen molar-refractivity contribution in [3.8, 4) is 11.1 Å². The Labute approximate surface area is 209 Å². The maximum Gasteiger partial charge on any atom is 0.165 e. The molecule has 0 aliphatic rings. The van der Waals surface area contributed by atoms with E-state index in [-0.39, 0.29) is 0 Å². The molecule has 0 unspecified atom stereocenters. The Bertz CT molecular complexity index is 2310. The molecule has 4 aromatic heterocycles. The van der Waals surface area contributed by atoms with E-state index in [0.717, 1.165) is 22.2 Å². The summed E-state index contributed by atoms with van der Waals surface area (Å²) >= 11 is 1.86. The van der Waals surface area contributed by atoms with Gasteiger partial charge in [-0.2, -0.15) is 0 Å². The maximum absolute atomic E-state index is 5.20. The van der Waals surface area contributed by atoms with Crippen molar-refractivity contribution in [3.63, 3.8) is 0 Å². The molecule has 0 fully saturated rings. The second kappa shape index (κ2) is 6.56. The van der Waals surface area contributed by atoms with Crippen molar-refractivity contribution < 1.29 is 0 Å². The Kier molecular flexibility index (Phi) is 3.42. The predicted molar refractivity (Wildman–Crippen MR) is 153 cm³/mol. The van der Waals surface area contributed by atoms with Crippen LogP contribution < -0.4 is 0 Å². The van der Waals surface area contributed by atoms with Gasteiger partial charge in [0.2, 0.25) is 0 Å². The maximum atomic E-state index is 5.20. The van der Waals surface area contributed by atoms with E-state index in [1.54, 1.807) is 0 Å². The lowest BCUT2D eigenvalue weighted by molar-refractivity contribution is 1.28. The third kappa shape index (κ3) is 2.27. The molecular formula is C32H17N3S. The van der Waals surface area contributed by atoms with E-state index in [0.29, 0.717) is 0 Å². The first kappa shape index (κ1) is 18.7. The van der Waals surface area contributed by atoms with E-state index < -0.39 is 0 Å². The van der Waals surface area contributed by atoms with E-state index in [9.17, 15) is 0 Å². The van der Waals surface area contributed by atoms with Gasteiger partial charge in [0, 0.05) is 36.3 Å². The minimum atomic E-state index is 0.923. The van der Waals surface area contributed by atoms with Crippen LogP contribution >= 0.6 is 11.3 Å². The van der Waals surface area contributed by atoms with Gasteiger partial charge in [-0.15, -0.1) is 11.3 Å². The summed E-state index contributed by atoms with van der Waals surface area (Å²) in [6.07, 6.45) is 0. The molecule has 0 radical (unpaired) electrons. The number of hydrogen-bond acceptors (Lipinski definition) is 3. The van der Waals surface area contributed by atoms with E-state index >= 15 is 0 Å².